The summed E-state index contributed by atoms with van der Waals surface area (Å²) in [6.07, 6.45) is 1.52. The Labute approximate surface area is 271 Å². The highest BCUT2D eigenvalue weighted by Crippen LogP contribution is 2.68. The van der Waals surface area contributed by atoms with Gasteiger partial charge in [0.25, 0.3) is 0 Å². The molecule has 46 heavy (non-hydrogen) atoms. The fourth-order valence-corrected chi connectivity index (χ4v) is 8.58. The summed E-state index contributed by atoms with van der Waals surface area (Å²) in [7, 11) is -1.43. The van der Waals surface area contributed by atoms with Gasteiger partial charge in [0.15, 0.2) is 12.4 Å². The van der Waals surface area contributed by atoms with E-state index in [2.05, 4.69) is 18.6 Å². The van der Waals surface area contributed by atoms with Crippen molar-refractivity contribution in [2.45, 2.75) is 98.1 Å². The molecule has 3 fully saturated rings. The molecule has 9 atom stereocenters. The number of ether oxygens (including phenoxy) is 3. The lowest BCUT2D eigenvalue weighted by atomic mass is 9.44. The Hall–Kier alpha value is -3.22. The highest BCUT2D eigenvalue weighted by atomic mass is 16.6. The Balaban J connectivity index is 1.38. The van der Waals surface area contributed by atoms with Gasteiger partial charge in [-0.05, 0) is 86.9 Å². The van der Waals surface area contributed by atoms with E-state index in [-0.39, 0.29) is 36.2 Å². The Morgan fingerprint density at radius 3 is 2.54 bits per heavy atom. The number of carbonyl (C=O) groups is 3. The molecule has 0 unspecified atom stereocenters. The van der Waals surface area contributed by atoms with Gasteiger partial charge in [-0.3, -0.25) is 4.79 Å². The van der Waals surface area contributed by atoms with E-state index in [1.165, 1.54) is 12.3 Å². The maximum Gasteiger partial charge on any atom is 0.478 e. The molecule has 3 aliphatic carbocycles. The highest BCUT2D eigenvalue weighted by molar-refractivity contribution is 6.67. The number of hydrazone groups is 1. The van der Waals surface area contributed by atoms with E-state index in [4.69, 9.17) is 14.2 Å². The number of Topliss-reactive ketones (excluding diaryl/α,β-unsaturated/α-hetero) is 1. The van der Waals surface area contributed by atoms with Gasteiger partial charge in [-0.15, -0.1) is 6.58 Å². The molecule has 0 spiro atoms. The number of carbonyl (C=O) groups excluding carboxylic acids is 3. The first kappa shape index (κ1) is 34.1. The van der Waals surface area contributed by atoms with E-state index in [1.807, 2.05) is 20.8 Å². The number of esters is 1. The van der Waals surface area contributed by atoms with Crippen LogP contribution < -0.4 is 10.2 Å². The molecule has 5 rings (SSSR count). The summed E-state index contributed by atoms with van der Waals surface area (Å²) in [4.78, 5) is 40.6. The largest absolute Gasteiger partial charge is 0.482 e. The molecular formula is C34H47BN2O9. The van der Waals surface area contributed by atoms with Gasteiger partial charge in [-0.2, -0.15) is 5.10 Å². The van der Waals surface area contributed by atoms with Crippen molar-refractivity contribution in [3.63, 3.8) is 0 Å². The van der Waals surface area contributed by atoms with E-state index in [0.717, 1.165) is 11.3 Å². The van der Waals surface area contributed by atoms with Gasteiger partial charge in [0.05, 0.1) is 12.3 Å². The van der Waals surface area contributed by atoms with Crippen LogP contribution in [0.15, 0.2) is 36.0 Å². The van der Waals surface area contributed by atoms with Crippen molar-refractivity contribution in [1.82, 2.24) is 4.92 Å². The van der Waals surface area contributed by atoms with Crippen LogP contribution >= 0.6 is 0 Å². The van der Waals surface area contributed by atoms with Crippen LogP contribution in [0.4, 0.5) is 4.79 Å². The topological polar surface area (TPSA) is 155 Å². The van der Waals surface area contributed by atoms with Crippen LogP contribution in [-0.2, 0) is 19.1 Å². The number of aliphatic hydroxyl groups is 2. The minimum Gasteiger partial charge on any atom is -0.482 e. The lowest BCUT2D eigenvalue weighted by Gasteiger charge is -2.61. The fourth-order valence-electron chi connectivity index (χ4n) is 8.58. The quantitative estimate of drug-likeness (QED) is 0.251. The number of benzene rings is 1. The molecule has 1 aromatic carbocycles. The zero-order chi connectivity index (χ0) is 34.0. The van der Waals surface area contributed by atoms with Crippen molar-refractivity contribution in [1.29, 1.82) is 0 Å². The van der Waals surface area contributed by atoms with Gasteiger partial charge < -0.3 is 29.4 Å². The number of rotatable bonds is 5. The first-order valence-corrected chi connectivity index (χ1v) is 16.1. The molecule has 3 saturated carbocycles. The van der Waals surface area contributed by atoms with Gasteiger partial charge in [0.1, 0.15) is 23.6 Å². The number of aliphatic hydroxyl groups excluding tert-OH is 2. The van der Waals surface area contributed by atoms with Gasteiger partial charge in [0.2, 0.25) is 0 Å². The third-order valence-corrected chi connectivity index (χ3v) is 11.4. The standard InChI is InChI=1S/C34H47BN2O9/c1-9-32(7)16-25(33(8)19(2)12-13-34(20(3)29(32)41)15-24(38)27(40)28(33)34)45-26(39)18-44-22-11-10-21-17-36-37(35(43)23(21)14-22)30(42)46-31(4,5)6/h9-11,14,17,19-20,24-25,28-29,38,41,43H,1,12-13,15-16,18H2,2-8H3/t19-,20+,24+,25-,28+,29+,32-,33+,34+/m1/s1. The molecule has 250 valence electrons. The Bertz CT molecular complexity index is 1440. The number of hydrogen-bond donors (Lipinski definition) is 3. The number of nitrogens with zero attached hydrogens (tertiary/aromatic N) is 2. The number of ketones is 1. The summed E-state index contributed by atoms with van der Waals surface area (Å²) in [5.41, 5.74) is -2.14. The molecule has 1 amide bonds. The molecule has 3 N–H and O–H groups in total. The second-order valence-electron chi connectivity index (χ2n) is 15.2. The monoisotopic (exact) mass is 638 g/mol. The maximum absolute atomic E-state index is 13.7. The summed E-state index contributed by atoms with van der Waals surface area (Å²) < 4.78 is 17.4. The maximum atomic E-state index is 13.7. The van der Waals surface area contributed by atoms with Crippen LogP contribution in [0, 0.1) is 34.0 Å². The van der Waals surface area contributed by atoms with Crippen LogP contribution in [-0.4, -0.2) is 81.8 Å². The summed E-state index contributed by atoms with van der Waals surface area (Å²) >= 11 is 0. The molecule has 12 heteroatoms. The first-order chi connectivity index (χ1) is 21.4. The molecule has 4 aliphatic rings. The normalized spacial score (nSPS) is 37.0. The van der Waals surface area contributed by atoms with E-state index in [1.54, 1.807) is 39.0 Å². The third-order valence-electron chi connectivity index (χ3n) is 11.4. The molecule has 0 saturated heterocycles. The minimum absolute atomic E-state index is 0.00758. The molecule has 2 bridgehead atoms. The number of fused-ring (bicyclic) bond motifs is 1. The van der Waals surface area contributed by atoms with Crippen LogP contribution in [0.25, 0.3) is 0 Å². The van der Waals surface area contributed by atoms with Crippen LogP contribution in [0.1, 0.15) is 79.7 Å². The molecule has 1 aromatic rings. The summed E-state index contributed by atoms with van der Waals surface area (Å²) in [6, 6.07) is 4.80. The van der Waals surface area contributed by atoms with E-state index in [0.29, 0.717) is 17.4 Å². The molecule has 0 aromatic heterocycles. The van der Waals surface area contributed by atoms with Crippen molar-refractivity contribution in [2.75, 3.05) is 6.61 Å². The second kappa shape index (κ2) is 11.8. The van der Waals surface area contributed by atoms with Crippen LogP contribution in [0.3, 0.4) is 0 Å². The van der Waals surface area contributed by atoms with Crippen molar-refractivity contribution in [3.8, 4) is 5.75 Å². The predicted molar refractivity (Wildman–Crippen MR) is 171 cm³/mol. The van der Waals surface area contributed by atoms with Crippen molar-refractivity contribution < 1.29 is 43.8 Å². The van der Waals surface area contributed by atoms with Crippen molar-refractivity contribution in [3.05, 3.63) is 36.4 Å². The van der Waals surface area contributed by atoms with E-state index in [9.17, 15) is 29.6 Å². The SMILES string of the molecule is C=C[C@]1(C)C[C@@H](OC(=O)COc2ccc3c(c2)B(O)N(C(=O)OC(C)(C)C)N=C3)[C@]2(C)[C@H](C)CC[C@]3(C[C@H](O)C(=O)[C@H]32)[C@@H](C)[C@@H]1O. The molecule has 11 nitrogen and oxygen atoms in total. The minimum atomic E-state index is -1.43. The Morgan fingerprint density at radius 1 is 1.20 bits per heavy atom. The van der Waals surface area contributed by atoms with Gasteiger partial charge in [-0.25, -0.2) is 14.5 Å². The smallest absolute Gasteiger partial charge is 0.478 e. The van der Waals surface area contributed by atoms with Crippen LogP contribution in [0.5, 0.6) is 5.75 Å². The number of hydrogen-bond acceptors (Lipinski definition) is 10. The highest BCUT2D eigenvalue weighted by Gasteiger charge is 2.70. The molecule has 0 radical (unpaired) electrons. The van der Waals surface area contributed by atoms with Crippen LogP contribution in [0.2, 0.25) is 0 Å². The summed E-state index contributed by atoms with van der Waals surface area (Å²) in [6.45, 7) is 16.6. The first-order valence-electron chi connectivity index (χ1n) is 16.1. The molecular weight excluding hydrogens is 591 g/mol. The molecule has 1 aliphatic heterocycles. The lowest BCUT2D eigenvalue weighted by molar-refractivity contribution is -0.207. The summed E-state index contributed by atoms with van der Waals surface area (Å²) in [5.74, 6) is -1.53. The van der Waals surface area contributed by atoms with Crippen molar-refractivity contribution >= 4 is 36.6 Å². The Morgan fingerprint density at radius 2 is 1.89 bits per heavy atom. The predicted octanol–water partition coefficient (Wildman–Crippen LogP) is 3.21. The van der Waals surface area contributed by atoms with Gasteiger partial charge in [0, 0.05) is 16.7 Å². The zero-order valence-electron chi connectivity index (χ0n) is 27.9. The van der Waals surface area contributed by atoms with Gasteiger partial charge >= 0.3 is 19.1 Å². The fraction of sp³-hybridized carbons (Fsp3) is 0.647. The zero-order valence-corrected chi connectivity index (χ0v) is 27.9. The average molecular weight is 639 g/mol. The number of amides is 1. The second-order valence-corrected chi connectivity index (χ2v) is 15.2. The Kier molecular flexibility index (Phi) is 8.75. The third kappa shape index (κ3) is 5.56. The van der Waals surface area contributed by atoms with Crippen molar-refractivity contribution in [2.24, 2.45) is 39.1 Å². The van der Waals surface area contributed by atoms with Gasteiger partial charge in [-0.1, -0.05) is 39.8 Å². The molecule has 1 heterocycles. The average Bonchev–Trinajstić information content (AvgIpc) is 3.26. The summed E-state index contributed by atoms with van der Waals surface area (Å²) in [5, 5.41) is 37.5. The lowest BCUT2D eigenvalue weighted by Crippen LogP contribution is -2.63. The van der Waals surface area contributed by atoms with E-state index < -0.39 is 71.8 Å². The van der Waals surface area contributed by atoms with E-state index >= 15 is 0 Å².